The van der Waals surface area contributed by atoms with E-state index in [4.69, 9.17) is 0 Å². The number of benzene rings is 2. The third-order valence-electron chi connectivity index (χ3n) is 7.83. The molecule has 1 aliphatic carbocycles. The van der Waals surface area contributed by atoms with E-state index in [-0.39, 0.29) is 23.5 Å². The van der Waals surface area contributed by atoms with Gasteiger partial charge in [-0.15, -0.1) is 0 Å². The highest BCUT2D eigenvalue weighted by Gasteiger charge is 2.29. The van der Waals surface area contributed by atoms with Crippen molar-refractivity contribution in [1.29, 1.82) is 0 Å². The average molecular weight is 535 g/mol. The lowest BCUT2D eigenvalue weighted by Gasteiger charge is -2.36. The quantitative estimate of drug-likeness (QED) is 0.426. The summed E-state index contributed by atoms with van der Waals surface area (Å²) in [7, 11) is 0. The van der Waals surface area contributed by atoms with E-state index in [1.54, 1.807) is 19.1 Å². The van der Waals surface area contributed by atoms with Gasteiger partial charge in [0.2, 0.25) is 17.7 Å². The molecule has 1 saturated carbocycles. The number of aromatic hydroxyl groups is 1. The highest BCUT2D eigenvalue weighted by Crippen LogP contribution is 2.26. The lowest BCUT2D eigenvalue weighted by Crippen LogP contribution is -2.55. The molecule has 1 atom stereocenters. The molecule has 0 aromatic heterocycles. The van der Waals surface area contributed by atoms with Crippen molar-refractivity contribution in [2.75, 3.05) is 31.5 Å². The number of amides is 3. The zero-order chi connectivity index (χ0) is 27.6. The molecular weight excluding hydrogens is 492 g/mol. The van der Waals surface area contributed by atoms with Gasteiger partial charge < -0.3 is 20.6 Å². The van der Waals surface area contributed by atoms with Crippen LogP contribution in [0.1, 0.15) is 63.0 Å². The van der Waals surface area contributed by atoms with Crippen LogP contribution in [0, 0.1) is 5.92 Å². The number of rotatable bonds is 10. The number of nitrogens with zero attached hydrogens (tertiary/aromatic N) is 2. The molecule has 1 aliphatic heterocycles. The standard InChI is InChI=1S/C31H42N4O4/c1-2-29(37)33-28(31(39)35-17-15-34(16-18-35)22-25-9-6-10-27(36)19-25)20-24-11-13-26(14-12-24)32-30(38)21-23-7-4-3-5-8-23/h6,9-14,19,23,28,36H,2-5,7-8,15-18,20-22H2,1H3,(H,32,38)(H,33,37)/t28-/m1/s1. The largest absolute Gasteiger partial charge is 0.508 e. The molecule has 1 saturated heterocycles. The van der Waals surface area contributed by atoms with Crippen LogP contribution in [-0.4, -0.2) is 64.8 Å². The predicted molar refractivity (Wildman–Crippen MR) is 152 cm³/mol. The molecule has 8 nitrogen and oxygen atoms in total. The first-order valence-corrected chi connectivity index (χ1v) is 14.4. The summed E-state index contributed by atoms with van der Waals surface area (Å²) < 4.78 is 0. The molecular formula is C31H42N4O4. The SMILES string of the molecule is CCC(=O)N[C@H](Cc1ccc(NC(=O)CC2CCCCC2)cc1)C(=O)N1CCN(Cc2cccc(O)c2)CC1. The lowest BCUT2D eigenvalue weighted by atomic mass is 9.87. The first kappa shape index (κ1) is 28.6. The van der Waals surface area contributed by atoms with Crippen LogP contribution in [0.3, 0.4) is 0 Å². The van der Waals surface area contributed by atoms with Gasteiger partial charge >= 0.3 is 0 Å². The molecule has 2 aromatic rings. The van der Waals surface area contributed by atoms with Crippen LogP contribution in [0.5, 0.6) is 5.75 Å². The Balaban J connectivity index is 1.31. The molecule has 0 radical (unpaired) electrons. The number of anilines is 1. The topological polar surface area (TPSA) is 102 Å². The van der Waals surface area contributed by atoms with Gasteiger partial charge in [0.25, 0.3) is 0 Å². The van der Waals surface area contributed by atoms with Gasteiger partial charge in [-0.1, -0.05) is 50.5 Å². The molecule has 4 rings (SSSR count). The van der Waals surface area contributed by atoms with Crippen LogP contribution in [0.25, 0.3) is 0 Å². The number of carbonyl (C=O) groups is 3. The molecule has 0 spiro atoms. The van der Waals surface area contributed by atoms with E-state index in [1.807, 2.05) is 41.3 Å². The number of phenolic OH excluding ortho intramolecular Hbond substituents is 1. The van der Waals surface area contributed by atoms with Crippen LogP contribution < -0.4 is 10.6 Å². The van der Waals surface area contributed by atoms with Gasteiger partial charge in [-0.25, -0.2) is 0 Å². The Morgan fingerprint density at radius 2 is 1.64 bits per heavy atom. The van der Waals surface area contributed by atoms with Crippen LogP contribution in [0.15, 0.2) is 48.5 Å². The van der Waals surface area contributed by atoms with Crippen molar-refractivity contribution in [2.24, 2.45) is 5.92 Å². The average Bonchev–Trinajstić information content (AvgIpc) is 2.94. The summed E-state index contributed by atoms with van der Waals surface area (Å²) in [6, 6.07) is 14.2. The normalized spacial score (nSPS) is 17.4. The Morgan fingerprint density at radius 3 is 2.31 bits per heavy atom. The van der Waals surface area contributed by atoms with Gasteiger partial charge in [0, 0.05) is 57.7 Å². The molecule has 2 aromatic carbocycles. The highest BCUT2D eigenvalue weighted by atomic mass is 16.3. The molecule has 39 heavy (non-hydrogen) atoms. The number of nitrogens with one attached hydrogen (secondary N) is 2. The fourth-order valence-corrected chi connectivity index (χ4v) is 5.58. The number of hydrogen-bond acceptors (Lipinski definition) is 5. The Morgan fingerprint density at radius 1 is 0.923 bits per heavy atom. The molecule has 2 fully saturated rings. The molecule has 3 amide bonds. The van der Waals surface area contributed by atoms with Crippen LogP contribution in [0.4, 0.5) is 5.69 Å². The van der Waals surface area contributed by atoms with Crippen molar-refractivity contribution in [3.05, 3.63) is 59.7 Å². The van der Waals surface area contributed by atoms with Crippen molar-refractivity contribution < 1.29 is 19.5 Å². The minimum atomic E-state index is -0.637. The van der Waals surface area contributed by atoms with E-state index in [2.05, 4.69) is 15.5 Å². The van der Waals surface area contributed by atoms with E-state index < -0.39 is 6.04 Å². The molecule has 8 heteroatoms. The van der Waals surface area contributed by atoms with E-state index >= 15 is 0 Å². The summed E-state index contributed by atoms with van der Waals surface area (Å²) in [6.07, 6.45) is 7.26. The number of hydrogen-bond donors (Lipinski definition) is 3. The molecule has 3 N–H and O–H groups in total. The van der Waals surface area contributed by atoms with Crippen LogP contribution >= 0.6 is 0 Å². The number of carbonyl (C=O) groups excluding carboxylic acids is 3. The zero-order valence-corrected chi connectivity index (χ0v) is 23.0. The maximum atomic E-state index is 13.5. The Hall–Kier alpha value is -3.39. The first-order valence-electron chi connectivity index (χ1n) is 14.4. The van der Waals surface area contributed by atoms with Gasteiger partial charge in [-0.05, 0) is 54.2 Å². The second-order valence-corrected chi connectivity index (χ2v) is 10.9. The maximum absolute atomic E-state index is 13.5. The van der Waals surface area contributed by atoms with Crippen LogP contribution in [-0.2, 0) is 27.3 Å². The van der Waals surface area contributed by atoms with Crippen molar-refractivity contribution in [1.82, 2.24) is 15.1 Å². The number of piperazine rings is 1. The first-order chi connectivity index (χ1) is 18.9. The van der Waals surface area contributed by atoms with Gasteiger partial charge in [0.1, 0.15) is 11.8 Å². The minimum Gasteiger partial charge on any atom is -0.508 e. The van der Waals surface area contributed by atoms with Gasteiger partial charge in [0.05, 0.1) is 0 Å². The second-order valence-electron chi connectivity index (χ2n) is 10.9. The van der Waals surface area contributed by atoms with E-state index in [0.717, 1.165) is 49.3 Å². The minimum absolute atomic E-state index is 0.0566. The summed E-state index contributed by atoms with van der Waals surface area (Å²) >= 11 is 0. The highest BCUT2D eigenvalue weighted by molar-refractivity contribution is 5.91. The van der Waals surface area contributed by atoms with Crippen molar-refractivity contribution in [2.45, 2.75) is 70.9 Å². The maximum Gasteiger partial charge on any atom is 0.245 e. The van der Waals surface area contributed by atoms with Crippen molar-refractivity contribution in [3.63, 3.8) is 0 Å². The van der Waals surface area contributed by atoms with Crippen molar-refractivity contribution in [3.8, 4) is 5.75 Å². The number of phenols is 1. The molecule has 2 aliphatic rings. The Bertz CT molecular complexity index is 1110. The van der Waals surface area contributed by atoms with Gasteiger partial charge in [-0.3, -0.25) is 19.3 Å². The Labute approximate surface area is 231 Å². The zero-order valence-electron chi connectivity index (χ0n) is 23.0. The van der Waals surface area contributed by atoms with E-state index in [1.165, 1.54) is 19.3 Å². The lowest BCUT2D eigenvalue weighted by molar-refractivity contribution is -0.138. The molecule has 0 unspecified atom stereocenters. The third kappa shape index (κ3) is 8.82. The predicted octanol–water partition coefficient (Wildman–Crippen LogP) is 4.08. The molecule has 210 valence electrons. The second kappa shape index (κ2) is 14.1. The smallest absolute Gasteiger partial charge is 0.245 e. The summed E-state index contributed by atoms with van der Waals surface area (Å²) in [4.78, 5) is 42.3. The molecule has 1 heterocycles. The Kier molecular flexibility index (Phi) is 10.4. The molecule has 0 bridgehead atoms. The van der Waals surface area contributed by atoms with Crippen molar-refractivity contribution >= 4 is 23.4 Å². The monoisotopic (exact) mass is 534 g/mol. The summed E-state index contributed by atoms with van der Waals surface area (Å²) in [6.45, 7) is 5.12. The fourth-order valence-electron chi connectivity index (χ4n) is 5.58. The summed E-state index contributed by atoms with van der Waals surface area (Å²) in [5.41, 5.74) is 2.72. The van der Waals surface area contributed by atoms with E-state index in [0.29, 0.717) is 38.3 Å². The van der Waals surface area contributed by atoms with E-state index in [9.17, 15) is 19.5 Å². The fraction of sp³-hybridized carbons (Fsp3) is 0.516. The summed E-state index contributed by atoms with van der Waals surface area (Å²) in [5.74, 6) is 0.577. The third-order valence-corrected chi connectivity index (χ3v) is 7.83. The van der Waals surface area contributed by atoms with Crippen LogP contribution in [0.2, 0.25) is 0 Å². The summed E-state index contributed by atoms with van der Waals surface area (Å²) in [5, 5.41) is 15.6. The van der Waals surface area contributed by atoms with Gasteiger partial charge in [0.15, 0.2) is 0 Å². The van der Waals surface area contributed by atoms with Gasteiger partial charge in [-0.2, -0.15) is 0 Å².